The molecule has 1 saturated heterocycles. The molecule has 4 rings (SSSR count). The summed E-state index contributed by atoms with van der Waals surface area (Å²) in [6.07, 6.45) is 0. The van der Waals surface area contributed by atoms with Crippen molar-refractivity contribution >= 4 is 17.2 Å². The zero-order chi connectivity index (χ0) is 19.2. The van der Waals surface area contributed by atoms with Gasteiger partial charge in [-0.25, -0.2) is 4.39 Å². The van der Waals surface area contributed by atoms with Crippen molar-refractivity contribution in [1.29, 1.82) is 0 Å². The Morgan fingerprint density at radius 3 is 2.52 bits per heavy atom. The fourth-order valence-corrected chi connectivity index (χ4v) is 3.63. The summed E-state index contributed by atoms with van der Waals surface area (Å²) in [6.45, 7) is 10.7. The third kappa shape index (κ3) is 3.22. The second kappa shape index (κ2) is 6.48. The summed E-state index contributed by atoms with van der Waals surface area (Å²) < 4.78 is 16.0. The van der Waals surface area contributed by atoms with Gasteiger partial charge in [0.1, 0.15) is 11.6 Å². The van der Waals surface area contributed by atoms with Crippen LogP contribution in [0.4, 0.5) is 15.9 Å². The van der Waals surface area contributed by atoms with Crippen LogP contribution in [-0.4, -0.2) is 45.5 Å². The van der Waals surface area contributed by atoms with Crippen LogP contribution in [0.3, 0.4) is 0 Å². The molecule has 6 nitrogen and oxygen atoms in total. The second-order valence-corrected chi connectivity index (χ2v) is 8.17. The van der Waals surface area contributed by atoms with E-state index in [1.807, 2.05) is 28.8 Å². The Hall–Kier alpha value is -2.70. The molecule has 0 saturated carbocycles. The van der Waals surface area contributed by atoms with E-state index in [-0.39, 0.29) is 17.3 Å². The Labute approximate surface area is 158 Å². The molecule has 1 atom stereocenters. The first kappa shape index (κ1) is 17.7. The summed E-state index contributed by atoms with van der Waals surface area (Å²) in [7, 11) is 0. The molecule has 1 aliphatic rings. The van der Waals surface area contributed by atoms with Gasteiger partial charge in [0, 0.05) is 31.1 Å². The third-order valence-corrected chi connectivity index (χ3v) is 5.03. The Morgan fingerprint density at radius 2 is 1.81 bits per heavy atom. The summed E-state index contributed by atoms with van der Waals surface area (Å²) >= 11 is 0. The molecule has 2 aromatic heterocycles. The van der Waals surface area contributed by atoms with Crippen LogP contribution in [0.25, 0.3) is 5.65 Å². The predicted molar refractivity (Wildman–Crippen MR) is 105 cm³/mol. The van der Waals surface area contributed by atoms with E-state index in [0.717, 1.165) is 36.9 Å². The van der Waals surface area contributed by atoms with E-state index in [1.165, 1.54) is 6.07 Å². The Kier molecular flexibility index (Phi) is 4.25. The van der Waals surface area contributed by atoms with Gasteiger partial charge in [0.25, 0.3) is 0 Å². The number of nitrogens with zero attached hydrogens (tertiary/aromatic N) is 6. The van der Waals surface area contributed by atoms with Gasteiger partial charge in [-0.3, -0.25) is 0 Å². The molecule has 142 valence electrons. The number of rotatable bonds is 2. The summed E-state index contributed by atoms with van der Waals surface area (Å²) in [5, 5.41) is 13.4. The topological polar surface area (TPSA) is 49.6 Å². The molecule has 7 heteroatoms. The normalized spacial score (nSPS) is 18.3. The lowest BCUT2D eigenvalue weighted by molar-refractivity contribution is 0.515. The quantitative estimate of drug-likeness (QED) is 0.695. The number of piperazine rings is 1. The van der Waals surface area contributed by atoms with Gasteiger partial charge in [0.05, 0.1) is 5.69 Å². The van der Waals surface area contributed by atoms with Crippen LogP contribution in [-0.2, 0) is 5.41 Å². The molecule has 0 aliphatic carbocycles. The number of fused-ring (bicyclic) bond motifs is 1. The molecule has 1 aliphatic heterocycles. The highest BCUT2D eigenvalue weighted by molar-refractivity contribution is 5.52. The molecule has 1 unspecified atom stereocenters. The summed E-state index contributed by atoms with van der Waals surface area (Å²) in [5.41, 5.74) is 1.28. The highest BCUT2D eigenvalue weighted by atomic mass is 19.1. The van der Waals surface area contributed by atoms with Crippen molar-refractivity contribution in [3.8, 4) is 0 Å². The molecular weight excluding hydrogens is 343 g/mol. The Bertz CT molecular complexity index is 961. The van der Waals surface area contributed by atoms with Crippen LogP contribution in [0.1, 0.15) is 33.5 Å². The first-order chi connectivity index (χ1) is 12.8. The molecular formula is C20H25FN6. The third-order valence-electron chi connectivity index (χ3n) is 5.03. The standard InChI is InChI=1S/C20H25FN6/c1-14-13-25(16-8-6-5-7-15(16)21)11-12-26(14)18-10-9-17-22-23-19(20(2,3)4)27(17)24-18/h5-10,14H,11-13H2,1-4H3. The van der Waals surface area contributed by atoms with E-state index in [0.29, 0.717) is 5.69 Å². The molecule has 0 spiro atoms. The molecule has 0 N–H and O–H groups in total. The fraction of sp³-hybridized carbons (Fsp3) is 0.450. The highest BCUT2D eigenvalue weighted by Gasteiger charge is 2.27. The van der Waals surface area contributed by atoms with Gasteiger partial charge < -0.3 is 9.80 Å². The molecule has 3 aromatic rings. The average Bonchev–Trinajstić information content (AvgIpc) is 3.05. The molecule has 0 radical (unpaired) electrons. The van der Waals surface area contributed by atoms with Gasteiger partial charge >= 0.3 is 0 Å². The van der Waals surface area contributed by atoms with Crippen molar-refractivity contribution in [1.82, 2.24) is 19.8 Å². The molecule has 0 amide bonds. The summed E-state index contributed by atoms with van der Waals surface area (Å²) in [5.74, 6) is 1.57. The number of halogens is 1. The number of anilines is 2. The first-order valence-electron chi connectivity index (χ1n) is 9.33. The molecule has 3 heterocycles. The first-order valence-corrected chi connectivity index (χ1v) is 9.33. The van der Waals surface area contributed by atoms with Crippen molar-refractivity contribution in [2.24, 2.45) is 0 Å². The van der Waals surface area contributed by atoms with Gasteiger partial charge in [0.2, 0.25) is 0 Å². The molecule has 27 heavy (non-hydrogen) atoms. The van der Waals surface area contributed by atoms with Gasteiger partial charge in [0.15, 0.2) is 11.5 Å². The number of hydrogen-bond donors (Lipinski definition) is 0. The molecule has 1 fully saturated rings. The minimum absolute atomic E-state index is 0.139. The van der Waals surface area contributed by atoms with Crippen LogP contribution in [0.5, 0.6) is 0 Å². The summed E-state index contributed by atoms with van der Waals surface area (Å²) in [4.78, 5) is 4.37. The number of aromatic nitrogens is 4. The van der Waals surface area contributed by atoms with Crippen molar-refractivity contribution in [2.75, 3.05) is 29.4 Å². The van der Waals surface area contributed by atoms with Crippen LogP contribution in [0.15, 0.2) is 36.4 Å². The zero-order valence-corrected chi connectivity index (χ0v) is 16.2. The van der Waals surface area contributed by atoms with Crippen LogP contribution >= 0.6 is 0 Å². The van der Waals surface area contributed by atoms with E-state index in [9.17, 15) is 4.39 Å². The van der Waals surface area contributed by atoms with E-state index < -0.39 is 0 Å². The van der Waals surface area contributed by atoms with Crippen LogP contribution < -0.4 is 9.80 Å². The Balaban J connectivity index is 1.60. The van der Waals surface area contributed by atoms with Gasteiger partial charge in [-0.1, -0.05) is 32.9 Å². The SMILES string of the molecule is CC1CN(c2ccccc2F)CCN1c1ccc2nnc(C(C)(C)C)n2n1. The van der Waals surface area contributed by atoms with E-state index in [1.54, 1.807) is 6.07 Å². The monoisotopic (exact) mass is 368 g/mol. The fourth-order valence-electron chi connectivity index (χ4n) is 3.63. The maximum absolute atomic E-state index is 14.1. The average molecular weight is 368 g/mol. The van der Waals surface area contributed by atoms with Crippen LogP contribution in [0, 0.1) is 5.82 Å². The lowest BCUT2D eigenvalue weighted by Gasteiger charge is -2.41. The number of benzene rings is 1. The highest BCUT2D eigenvalue weighted by Crippen LogP contribution is 2.26. The minimum atomic E-state index is -0.169. The minimum Gasteiger partial charge on any atom is -0.365 e. The maximum atomic E-state index is 14.1. The van der Waals surface area contributed by atoms with E-state index >= 15 is 0 Å². The van der Waals surface area contributed by atoms with E-state index in [4.69, 9.17) is 5.10 Å². The van der Waals surface area contributed by atoms with Crippen molar-refractivity contribution in [2.45, 2.75) is 39.2 Å². The molecule has 1 aromatic carbocycles. The lowest BCUT2D eigenvalue weighted by atomic mass is 9.96. The maximum Gasteiger partial charge on any atom is 0.178 e. The zero-order valence-electron chi connectivity index (χ0n) is 16.2. The van der Waals surface area contributed by atoms with Crippen molar-refractivity contribution in [3.63, 3.8) is 0 Å². The van der Waals surface area contributed by atoms with Gasteiger partial charge in [-0.05, 0) is 31.2 Å². The smallest absolute Gasteiger partial charge is 0.178 e. The summed E-state index contributed by atoms with van der Waals surface area (Å²) in [6, 6.07) is 11.1. The van der Waals surface area contributed by atoms with E-state index in [2.05, 4.69) is 47.7 Å². The van der Waals surface area contributed by atoms with Gasteiger partial charge in [-0.15, -0.1) is 15.3 Å². The number of para-hydroxylation sites is 1. The second-order valence-electron chi connectivity index (χ2n) is 8.17. The van der Waals surface area contributed by atoms with Crippen molar-refractivity contribution < 1.29 is 4.39 Å². The predicted octanol–water partition coefficient (Wildman–Crippen LogP) is 3.28. The van der Waals surface area contributed by atoms with Crippen LogP contribution in [0.2, 0.25) is 0 Å². The van der Waals surface area contributed by atoms with Crippen molar-refractivity contribution in [3.05, 3.63) is 48.0 Å². The lowest BCUT2D eigenvalue weighted by Crippen LogP contribution is -2.52. The largest absolute Gasteiger partial charge is 0.365 e. The number of hydrogen-bond acceptors (Lipinski definition) is 5. The Morgan fingerprint density at radius 1 is 1.04 bits per heavy atom. The van der Waals surface area contributed by atoms with Gasteiger partial charge in [-0.2, -0.15) is 4.52 Å². The molecule has 0 bridgehead atoms.